The summed E-state index contributed by atoms with van der Waals surface area (Å²) in [6, 6.07) is 12.5. The van der Waals surface area contributed by atoms with Crippen LogP contribution in [0.3, 0.4) is 0 Å². The van der Waals surface area contributed by atoms with Gasteiger partial charge in [0.1, 0.15) is 12.4 Å². The lowest BCUT2D eigenvalue weighted by Gasteiger charge is -2.20. The molecule has 0 bridgehead atoms. The predicted molar refractivity (Wildman–Crippen MR) is 81.4 cm³/mol. The minimum atomic E-state index is -0.351. The quantitative estimate of drug-likeness (QED) is 0.883. The van der Waals surface area contributed by atoms with E-state index in [9.17, 15) is 4.39 Å². The van der Waals surface area contributed by atoms with E-state index in [2.05, 4.69) is 5.32 Å². The van der Waals surface area contributed by atoms with Crippen molar-refractivity contribution in [1.82, 2.24) is 5.32 Å². The molecule has 0 amide bonds. The zero-order valence-corrected chi connectivity index (χ0v) is 12.5. The Kier molecular flexibility index (Phi) is 5.17. The third kappa shape index (κ3) is 3.73. The summed E-state index contributed by atoms with van der Waals surface area (Å²) in [5, 5.41) is 3.17. The fourth-order valence-corrected chi connectivity index (χ4v) is 2.18. The minimum Gasteiger partial charge on any atom is -0.496 e. The van der Waals surface area contributed by atoms with E-state index < -0.39 is 0 Å². The van der Waals surface area contributed by atoms with E-state index in [1.165, 1.54) is 6.07 Å². The molecule has 0 saturated carbocycles. The number of ether oxygens (including phenoxy) is 2. The number of hydrogen-bond donors (Lipinski definition) is 1. The van der Waals surface area contributed by atoms with Gasteiger partial charge in [0.2, 0.25) is 0 Å². The van der Waals surface area contributed by atoms with Gasteiger partial charge in [0.25, 0.3) is 0 Å². The Hall–Kier alpha value is -2.07. The van der Waals surface area contributed by atoms with Crippen LogP contribution in [0.15, 0.2) is 42.5 Å². The van der Waals surface area contributed by atoms with Crippen molar-refractivity contribution in [2.24, 2.45) is 0 Å². The normalized spacial score (nSPS) is 12.0. The lowest BCUT2D eigenvalue weighted by atomic mass is 10.1. The van der Waals surface area contributed by atoms with Crippen LogP contribution in [0.4, 0.5) is 4.39 Å². The van der Waals surface area contributed by atoms with Gasteiger partial charge >= 0.3 is 0 Å². The maximum atomic E-state index is 13.7. The van der Waals surface area contributed by atoms with Gasteiger partial charge < -0.3 is 14.8 Å². The molecule has 0 aromatic heterocycles. The number of benzene rings is 2. The molecular weight excluding hydrogens is 269 g/mol. The van der Waals surface area contributed by atoms with E-state index >= 15 is 0 Å². The zero-order valence-electron chi connectivity index (χ0n) is 12.5. The maximum Gasteiger partial charge on any atom is 0.165 e. The van der Waals surface area contributed by atoms with Crippen molar-refractivity contribution in [3.63, 3.8) is 0 Å². The van der Waals surface area contributed by atoms with Crippen LogP contribution in [-0.4, -0.2) is 20.8 Å². The molecule has 4 heteroatoms. The lowest BCUT2D eigenvalue weighted by molar-refractivity contribution is 0.258. The van der Waals surface area contributed by atoms with Gasteiger partial charge in [0, 0.05) is 5.56 Å². The van der Waals surface area contributed by atoms with Gasteiger partial charge in [-0.15, -0.1) is 0 Å². The van der Waals surface area contributed by atoms with Crippen LogP contribution >= 0.6 is 0 Å². The first-order valence-electron chi connectivity index (χ1n) is 6.85. The highest BCUT2D eigenvalue weighted by atomic mass is 19.1. The molecule has 2 rings (SSSR count). The van der Waals surface area contributed by atoms with Gasteiger partial charge in [-0.3, -0.25) is 0 Å². The van der Waals surface area contributed by atoms with Crippen LogP contribution in [0.2, 0.25) is 0 Å². The number of likely N-dealkylation sites (N-methyl/N-ethyl adjacent to an activating group) is 1. The number of rotatable bonds is 6. The summed E-state index contributed by atoms with van der Waals surface area (Å²) >= 11 is 0. The van der Waals surface area contributed by atoms with Crippen LogP contribution in [-0.2, 0) is 0 Å². The van der Waals surface area contributed by atoms with E-state index in [1.807, 2.05) is 38.2 Å². The van der Waals surface area contributed by atoms with E-state index in [0.29, 0.717) is 6.61 Å². The third-order valence-electron chi connectivity index (χ3n) is 3.36. The number of aryl methyl sites for hydroxylation is 1. The van der Waals surface area contributed by atoms with E-state index in [1.54, 1.807) is 19.2 Å². The minimum absolute atomic E-state index is 0.0823. The summed E-state index contributed by atoms with van der Waals surface area (Å²) in [5.74, 6) is 0.700. The van der Waals surface area contributed by atoms with Crippen molar-refractivity contribution >= 4 is 0 Å². The van der Waals surface area contributed by atoms with Crippen LogP contribution < -0.4 is 14.8 Å². The summed E-state index contributed by atoms with van der Waals surface area (Å²) in [4.78, 5) is 0. The molecule has 1 unspecified atom stereocenters. The molecule has 21 heavy (non-hydrogen) atoms. The standard InChI is InChI=1S/C17H20FNO2/c1-12-8-9-14(18)17(10-12)21-11-15(19-2)13-6-4-5-7-16(13)20-3/h4-10,15,19H,11H2,1-3H3. The molecule has 0 heterocycles. The Morgan fingerprint density at radius 1 is 1.14 bits per heavy atom. The largest absolute Gasteiger partial charge is 0.496 e. The topological polar surface area (TPSA) is 30.5 Å². The Bertz CT molecular complexity index is 601. The second-order valence-electron chi connectivity index (χ2n) is 4.83. The molecule has 2 aromatic carbocycles. The van der Waals surface area contributed by atoms with Crippen LogP contribution in [0.25, 0.3) is 0 Å². The fourth-order valence-electron chi connectivity index (χ4n) is 2.18. The summed E-state index contributed by atoms with van der Waals surface area (Å²) in [6.45, 7) is 2.22. The van der Waals surface area contributed by atoms with Crippen LogP contribution in [0.5, 0.6) is 11.5 Å². The van der Waals surface area contributed by atoms with Crippen LogP contribution in [0, 0.1) is 12.7 Å². The summed E-state index contributed by atoms with van der Waals surface area (Å²) in [7, 11) is 3.47. The van der Waals surface area contributed by atoms with Gasteiger partial charge in [-0.25, -0.2) is 4.39 Å². The average Bonchev–Trinajstić information content (AvgIpc) is 2.51. The van der Waals surface area contributed by atoms with Crippen molar-refractivity contribution in [3.05, 3.63) is 59.4 Å². The first kappa shape index (κ1) is 15.3. The molecular formula is C17H20FNO2. The number of para-hydroxylation sites is 1. The smallest absolute Gasteiger partial charge is 0.165 e. The lowest BCUT2D eigenvalue weighted by Crippen LogP contribution is -2.24. The molecule has 0 saturated heterocycles. The first-order chi connectivity index (χ1) is 10.2. The monoisotopic (exact) mass is 289 g/mol. The van der Waals surface area contributed by atoms with E-state index in [4.69, 9.17) is 9.47 Å². The Balaban J connectivity index is 2.14. The average molecular weight is 289 g/mol. The molecule has 0 radical (unpaired) electrons. The molecule has 1 N–H and O–H groups in total. The number of halogens is 1. The number of hydrogen-bond acceptors (Lipinski definition) is 3. The molecule has 2 aromatic rings. The van der Waals surface area contributed by atoms with Crippen LogP contribution in [0.1, 0.15) is 17.2 Å². The van der Waals surface area contributed by atoms with Crippen molar-refractivity contribution < 1.29 is 13.9 Å². The molecule has 1 atom stereocenters. The van der Waals surface area contributed by atoms with Gasteiger partial charge in [0.15, 0.2) is 11.6 Å². The number of nitrogens with one attached hydrogen (secondary N) is 1. The molecule has 112 valence electrons. The second kappa shape index (κ2) is 7.09. The van der Waals surface area contributed by atoms with Crippen molar-refractivity contribution in [3.8, 4) is 11.5 Å². The SMILES string of the molecule is CNC(COc1cc(C)ccc1F)c1ccccc1OC. The van der Waals surface area contributed by atoms with Gasteiger partial charge in [-0.2, -0.15) is 0 Å². The highest BCUT2D eigenvalue weighted by Crippen LogP contribution is 2.26. The van der Waals surface area contributed by atoms with Crippen molar-refractivity contribution in [2.45, 2.75) is 13.0 Å². The Morgan fingerprint density at radius 3 is 2.62 bits per heavy atom. The van der Waals surface area contributed by atoms with Crippen molar-refractivity contribution in [2.75, 3.05) is 20.8 Å². The van der Waals surface area contributed by atoms with E-state index in [-0.39, 0.29) is 17.6 Å². The predicted octanol–water partition coefficient (Wildman–Crippen LogP) is 3.48. The molecule has 3 nitrogen and oxygen atoms in total. The van der Waals surface area contributed by atoms with Crippen molar-refractivity contribution in [1.29, 1.82) is 0 Å². The second-order valence-corrected chi connectivity index (χ2v) is 4.83. The summed E-state index contributed by atoms with van der Waals surface area (Å²) < 4.78 is 24.7. The maximum absolute atomic E-state index is 13.7. The highest BCUT2D eigenvalue weighted by Gasteiger charge is 2.15. The van der Waals surface area contributed by atoms with Gasteiger partial charge in [0.05, 0.1) is 13.2 Å². The number of methoxy groups -OCH3 is 1. The Labute approximate surface area is 124 Å². The molecule has 0 aliphatic rings. The third-order valence-corrected chi connectivity index (χ3v) is 3.36. The van der Waals surface area contributed by atoms with E-state index in [0.717, 1.165) is 16.9 Å². The summed E-state index contributed by atoms with van der Waals surface area (Å²) in [5.41, 5.74) is 1.94. The molecule has 0 fully saturated rings. The first-order valence-corrected chi connectivity index (χ1v) is 6.85. The van der Waals surface area contributed by atoms with Gasteiger partial charge in [-0.05, 0) is 37.7 Å². The molecule has 0 aliphatic heterocycles. The molecule has 0 spiro atoms. The fraction of sp³-hybridized carbons (Fsp3) is 0.294. The zero-order chi connectivity index (χ0) is 15.2. The summed E-state index contributed by atoms with van der Waals surface area (Å²) in [6.07, 6.45) is 0. The Morgan fingerprint density at radius 2 is 1.90 bits per heavy atom. The van der Waals surface area contributed by atoms with Gasteiger partial charge in [-0.1, -0.05) is 24.3 Å². The highest BCUT2D eigenvalue weighted by molar-refractivity contribution is 5.36. The molecule has 0 aliphatic carbocycles.